The van der Waals surface area contributed by atoms with Gasteiger partial charge in [-0.1, -0.05) is 6.07 Å². The number of ether oxygens (including phenoxy) is 1. The van der Waals surface area contributed by atoms with Gasteiger partial charge in [0.15, 0.2) is 17.4 Å². The molecule has 0 amide bonds. The molecule has 0 aliphatic carbocycles. The summed E-state index contributed by atoms with van der Waals surface area (Å²) in [7, 11) is 0. The lowest BCUT2D eigenvalue weighted by atomic mass is 10.2. The van der Waals surface area contributed by atoms with Crippen LogP contribution in [0.4, 0.5) is 8.78 Å². The van der Waals surface area contributed by atoms with Gasteiger partial charge in [0.2, 0.25) is 0 Å². The van der Waals surface area contributed by atoms with E-state index >= 15 is 0 Å². The van der Waals surface area contributed by atoms with Crippen LogP contribution in [0.25, 0.3) is 0 Å². The Morgan fingerprint density at radius 3 is 2.40 bits per heavy atom. The minimum Gasteiger partial charge on any atom is -0.478 e. The summed E-state index contributed by atoms with van der Waals surface area (Å²) < 4.78 is 32.2. The fourth-order valence-electron chi connectivity index (χ4n) is 1.53. The maximum Gasteiger partial charge on any atom is 0.335 e. The minimum atomic E-state index is -1.18. The van der Waals surface area contributed by atoms with Gasteiger partial charge in [0.25, 0.3) is 0 Å². The number of rotatable bonds is 3. The zero-order chi connectivity index (χ0) is 14.7. The first-order valence-corrected chi connectivity index (χ1v) is 5.41. The van der Waals surface area contributed by atoms with Crippen molar-refractivity contribution in [2.24, 2.45) is 0 Å². The number of aromatic carboxylic acids is 1. The number of hydrogen-bond acceptors (Lipinski definition) is 3. The second kappa shape index (κ2) is 5.36. The first-order valence-electron chi connectivity index (χ1n) is 5.41. The number of nitriles is 1. The van der Waals surface area contributed by atoms with E-state index in [4.69, 9.17) is 15.1 Å². The molecule has 4 nitrogen and oxygen atoms in total. The Morgan fingerprint density at radius 2 is 1.85 bits per heavy atom. The highest BCUT2D eigenvalue weighted by Crippen LogP contribution is 2.28. The molecule has 0 spiro atoms. The van der Waals surface area contributed by atoms with Gasteiger partial charge in [-0.2, -0.15) is 5.26 Å². The zero-order valence-electron chi connectivity index (χ0n) is 9.93. The molecule has 0 unspecified atom stereocenters. The van der Waals surface area contributed by atoms with Crippen molar-refractivity contribution in [3.8, 4) is 17.6 Å². The Bertz CT molecular complexity index is 700. The summed E-state index contributed by atoms with van der Waals surface area (Å²) in [5.74, 6) is -3.97. The van der Waals surface area contributed by atoms with Crippen LogP contribution in [0.5, 0.6) is 11.5 Å². The molecule has 2 aromatic carbocycles. The normalized spacial score (nSPS) is 9.85. The SMILES string of the molecule is N#Cc1cc(F)c(Oc2cccc(C(=O)O)c2)c(F)c1. The molecule has 0 saturated carbocycles. The van der Waals surface area contributed by atoms with Crippen LogP contribution < -0.4 is 4.74 Å². The molecular formula is C14H7F2NO3. The Hall–Kier alpha value is -2.94. The molecule has 0 heterocycles. The molecule has 2 rings (SSSR count). The molecule has 0 fully saturated rings. The van der Waals surface area contributed by atoms with Crippen LogP contribution in [0.1, 0.15) is 15.9 Å². The Morgan fingerprint density at radius 1 is 1.20 bits per heavy atom. The van der Waals surface area contributed by atoms with E-state index in [1.807, 2.05) is 0 Å². The second-order valence-corrected chi connectivity index (χ2v) is 3.82. The van der Waals surface area contributed by atoms with Gasteiger partial charge in [0.05, 0.1) is 17.2 Å². The summed E-state index contributed by atoms with van der Waals surface area (Å²) >= 11 is 0. The Kier molecular flexibility index (Phi) is 3.62. The molecule has 0 bridgehead atoms. The van der Waals surface area contributed by atoms with E-state index in [0.717, 1.165) is 18.2 Å². The molecule has 0 aromatic heterocycles. The van der Waals surface area contributed by atoms with Gasteiger partial charge in [-0.05, 0) is 30.3 Å². The van der Waals surface area contributed by atoms with Crippen molar-refractivity contribution < 1.29 is 23.4 Å². The van der Waals surface area contributed by atoms with Crippen LogP contribution >= 0.6 is 0 Å². The molecule has 1 N–H and O–H groups in total. The number of carbonyl (C=O) groups is 1. The topological polar surface area (TPSA) is 70.3 Å². The highest BCUT2D eigenvalue weighted by atomic mass is 19.1. The van der Waals surface area contributed by atoms with Crippen molar-refractivity contribution in [3.63, 3.8) is 0 Å². The van der Waals surface area contributed by atoms with Crippen LogP contribution in [-0.2, 0) is 0 Å². The van der Waals surface area contributed by atoms with Crippen molar-refractivity contribution in [2.45, 2.75) is 0 Å². The van der Waals surface area contributed by atoms with Crippen molar-refractivity contribution in [1.29, 1.82) is 5.26 Å². The fraction of sp³-hybridized carbons (Fsp3) is 0. The smallest absolute Gasteiger partial charge is 0.335 e. The number of benzene rings is 2. The van der Waals surface area contributed by atoms with Gasteiger partial charge in [-0.15, -0.1) is 0 Å². The molecule has 6 heteroatoms. The predicted molar refractivity (Wildman–Crippen MR) is 64.5 cm³/mol. The standard InChI is InChI=1S/C14H7F2NO3/c15-11-4-8(7-17)5-12(16)13(11)20-10-3-1-2-9(6-10)14(18)19/h1-6H,(H,18,19). The third-order valence-corrected chi connectivity index (χ3v) is 2.43. The van der Waals surface area contributed by atoms with Crippen LogP contribution in [0.15, 0.2) is 36.4 Å². The highest BCUT2D eigenvalue weighted by Gasteiger charge is 2.14. The zero-order valence-corrected chi connectivity index (χ0v) is 9.93. The van der Waals surface area contributed by atoms with Crippen LogP contribution in [0.2, 0.25) is 0 Å². The van der Waals surface area contributed by atoms with Crippen LogP contribution in [-0.4, -0.2) is 11.1 Å². The van der Waals surface area contributed by atoms with Crippen molar-refractivity contribution in [3.05, 3.63) is 59.2 Å². The van der Waals surface area contributed by atoms with E-state index in [-0.39, 0.29) is 16.9 Å². The average molecular weight is 275 g/mol. The molecule has 0 aliphatic heterocycles. The van der Waals surface area contributed by atoms with E-state index in [9.17, 15) is 13.6 Å². The maximum atomic E-state index is 13.6. The van der Waals surface area contributed by atoms with Crippen molar-refractivity contribution >= 4 is 5.97 Å². The molecule has 100 valence electrons. The third kappa shape index (κ3) is 2.72. The van der Waals surface area contributed by atoms with Gasteiger partial charge < -0.3 is 9.84 Å². The first-order chi connectivity index (χ1) is 9.51. The van der Waals surface area contributed by atoms with Crippen molar-refractivity contribution in [1.82, 2.24) is 0 Å². The molecule has 20 heavy (non-hydrogen) atoms. The molecular weight excluding hydrogens is 268 g/mol. The summed E-state index contributed by atoms with van der Waals surface area (Å²) in [5, 5.41) is 17.4. The molecule has 0 atom stereocenters. The second-order valence-electron chi connectivity index (χ2n) is 3.82. The van der Waals surface area contributed by atoms with Crippen LogP contribution in [0, 0.1) is 23.0 Å². The Labute approximate surface area is 112 Å². The Balaban J connectivity index is 2.38. The van der Waals surface area contributed by atoms with E-state index in [1.165, 1.54) is 18.2 Å². The lowest BCUT2D eigenvalue weighted by Gasteiger charge is -2.08. The molecule has 2 aromatic rings. The van der Waals surface area contributed by atoms with Crippen molar-refractivity contribution in [2.75, 3.05) is 0 Å². The fourth-order valence-corrected chi connectivity index (χ4v) is 1.53. The lowest BCUT2D eigenvalue weighted by Crippen LogP contribution is -1.98. The monoisotopic (exact) mass is 275 g/mol. The first kappa shape index (κ1) is 13.5. The predicted octanol–water partition coefficient (Wildman–Crippen LogP) is 3.33. The van der Waals surface area contributed by atoms with Crippen LogP contribution in [0.3, 0.4) is 0 Å². The van der Waals surface area contributed by atoms with Gasteiger partial charge in [-0.25, -0.2) is 13.6 Å². The maximum absolute atomic E-state index is 13.6. The number of hydrogen-bond donors (Lipinski definition) is 1. The van der Waals surface area contributed by atoms with E-state index in [1.54, 1.807) is 6.07 Å². The summed E-state index contributed by atoms with van der Waals surface area (Å²) in [5.41, 5.74) is -0.247. The van der Waals surface area contributed by atoms with E-state index < -0.39 is 23.4 Å². The van der Waals surface area contributed by atoms with Gasteiger partial charge in [0.1, 0.15) is 5.75 Å². The number of halogens is 2. The molecule has 0 aliphatic rings. The largest absolute Gasteiger partial charge is 0.478 e. The molecule has 0 saturated heterocycles. The summed E-state index contributed by atoms with van der Waals surface area (Å²) in [6.45, 7) is 0. The summed E-state index contributed by atoms with van der Waals surface area (Å²) in [6.07, 6.45) is 0. The van der Waals surface area contributed by atoms with Gasteiger partial charge >= 0.3 is 5.97 Å². The highest BCUT2D eigenvalue weighted by molar-refractivity contribution is 5.88. The van der Waals surface area contributed by atoms with E-state index in [2.05, 4.69) is 0 Å². The van der Waals surface area contributed by atoms with E-state index in [0.29, 0.717) is 0 Å². The number of nitrogens with zero attached hydrogens (tertiary/aromatic N) is 1. The quantitative estimate of drug-likeness (QED) is 0.932. The van der Waals surface area contributed by atoms with Gasteiger partial charge in [-0.3, -0.25) is 0 Å². The minimum absolute atomic E-state index is 0.0209. The number of carboxylic acid groups (broad SMARTS) is 1. The number of carboxylic acids is 1. The average Bonchev–Trinajstić information content (AvgIpc) is 2.42. The van der Waals surface area contributed by atoms with Gasteiger partial charge in [0, 0.05) is 0 Å². The lowest BCUT2D eigenvalue weighted by molar-refractivity contribution is 0.0696. The summed E-state index contributed by atoms with van der Waals surface area (Å²) in [6, 6.07) is 8.49. The summed E-state index contributed by atoms with van der Waals surface area (Å²) in [4.78, 5) is 10.8. The molecule has 0 radical (unpaired) electrons. The third-order valence-electron chi connectivity index (χ3n) is 2.43.